The molecule has 7 heteroatoms. The molecule has 0 radical (unpaired) electrons. The summed E-state index contributed by atoms with van der Waals surface area (Å²) in [4.78, 5) is 12.1. The highest BCUT2D eigenvalue weighted by Crippen LogP contribution is 2.29. The van der Waals surface area contributed by atoms with Crippen LogP contribution in [0.15, 0.2) is 59.5 Å². The maximum atomic E-state index is 13.4. The van der Waals surface area contributed by atoms with Crippen LogP contribution in [0.1, 0.15) is 11.6 Å². The summed E-state index contributed by atoms with van der Waals surface area (Å²) in [6.45, 7) is 0.348. The molecule has 0 unspecified atom stereocenters. The molecule has 0 aromatic heterocycles. The van der Waals surface area contributed by atoms with Gasteiger partial charge in [-0.05, 0) is 23.8 Å². The molecule has 3 rings (SSSR count). The van der Waals surface area contributed by atoms with E-state index in [1.807, 2.05) is 0 Å². The van der Waals surface area contributed by atoms with Gasteiger partial charge < -0.3 is 5.32 Å². The smallest absolute Gasteiger partial charge is 0.244 e. The molecule has 1 aliphatic rings. The van der Waals surface area contributed by atoms with Crippen molar-refractivity contribution in [2.75, 3.05) is 13.1 Å². The SMILES string of the molecule is O=C1NCCN(S(=O)(=O)c2cccc(F)c2)[C@@H]1c1ccccc1. The fraction of sp³-hybridized carbons (Fsp3) is 0.188. The first-order valence-corrected chi connectivity index (χ1v) is 8.54. The maximum Gasteiger partial charge on any atom is 0.244 e. The standard InChI is InChI=1S/C16H15FN2O3S/c17-13-7-4-8-14(11-13)23(21,22)19-10-9-18-16(20)15(19)12-5-2-1-3-6-12/h1-8,11,15H,9-10H2,(H,18,20)/t15-/m1/s1. The molecule has 2 aromatic carbocycles. The number of sulfonamides is 1. The van der Waals surface area contributed by atoms with E-state index in [9.17, 15) is 17.6 Å². The number of hydrogen-bond acceptors (Lipinski definition) is 3. The predicted octanol–water partition coefficient (Wildman–Crippen LogP) is 1.69. The Labute approximate surface area is 133 Å². The van der Waals surface area contributed by atoms with Gasteiger partial charge in [0.25, 0.3) is 0 Å². The molecule has 1 N–H and O–H groups in total. The Kier molecular flexibility index (Phi) is 4.14. The van der Waals surface area contributed by atoms with Gasteiger partial charge in [-0.25, -0.2) is 12.8 Å². The Morgan fingerprint density at radius 1 is 1.09 bits per heavy atom. The number of nitrogens with zero attached hydrogens (tertiary/aromatic N) is 1. The van der Waals surface area contributed by atoms with E-state index in [2.05, 4.69) is 5.32 Å². The Morgan fingerprint density at radius 3 is 2.52 bits per heavy atom. The number of nitrogens with one attached hydrogen (secondary N) is 1. The first-order valence-electron chi connectivity index (χ1n) is 7.10. The van der Waals surface area contributed by atoms with E-state index in [0.717, 1.165) is 10.4 Å². The molecule has 1 aliphatic heterocycles. The van der Waals surface area contributed by atoms with Gasteiger partial charge in [0.15, 0.2) is 0 Å². The van der Waals surface area contributed by atoms with Crippen LogP contribution in [0.3, 0.4) is 0 Å². The third-order valence-electron chi connectivity index (χ3n) is 3.69. The lowest BCUT2D eigenvalue weighted by molar-refractivity contribution is -0.126. The summed E-state index contributed by atoms with van der Waals surface area (Å²) < 4.78 is 40.2. The molecule has 1 fully saturated rings. The van der Waals surface area contributed by atoms with E-state index < -0.39 is 21.9 Å². The lowest BCUT2D eigenvalue weighted by Crippen LogP contribution is -2.52. The van der Waals surface area contributed by atoms with Crippen LogP contribution >= 0.6 is 0 Å². The van der Waals surface area contributed by atoms with Gasteiger partial charge in [-0.3, -0.25) is 4.79 Å². The van der Waals surface area contributed by atoms with Crippen molar-refractivity contribution in [2.24, 2.45) is 0 Å². The first-order chi connectivity index (χ1) is 11.0. The van der Waals surface area contributed by atoms with Crippen molar-refractivity contribution in [3.05, 3.63) is 66.0 Å². The molecular formula is C16H15FN2O3S. The van der Waals surface area contributed by atoms with Gasteiger partial charge in [0.05, 0.1) is 4.90 Å². The second-order valence-electron chi connectivity index (χ2n) is 5.18. The summed E-state index contributed by atoms with van der Waals surface area (Å²) in [5.74, 6) is -1.02. The van der Waals surface area contributed by atoms with Crippen molar-refractivity contribution < 1.29 is 17.6 Å². The molecule has 23 heavy (non-hydrogen) atoms. The highest BCUT2D eigenvalue weighted by atomic mass is 32.2. The minimum absolute atomic E-state index is 0.129. The number of benzene rings is 2. The maximum absolute atomic E-state index is 13.4. The Morgan fingerprint density at radius 2 is 1.83 bits per heavy atom. The molecule has 1 saturated heterocycles. The van der Waals surface area contributed by atoms with Crippen LogP contribution in [-0.4, -0.2) is 31.7 Å². The monoisotopic (exact) mass is 334 g/mol. The van der Waals surface area contributed by atoms with Crippen LogP contribution in [0.4, 0.5) is 4.39 Å². The normalized spacial score (nSPS) is 19.3. The Balaban J connectivity index is 2.06. The number of hydrogen-bond donors (Lipinski definition) is 1. The third kappa shape index (κ3) is 2.97. The van der Waals surface area contributed by atoms with E-state index in [0.29, 0.717) is 5.56 Å². The van der Waals surface area contributed by atoms with Gasteiger partial charge in [0.2, 0.25) is 15.9 Å². The summed E-state index contributed by atoms with van der Waals surface area (Å²) in [6, 6.07) is 12.5. The number of carbonyl (C=O) groups excluding carboxylic acids is 1. The molecule has 2 aromatic rings. The second-order valence-corrected chi connectivity index (χ2v) is 7.07. The minimum Gasteiger partial charge on any atom is -0.353 e. The van der Waals surface area contributed by atoms with Crippen molar-refractivity contribution in [1.82, 2.24) is 9.62 Å². The van der Waals surface area contributed by atoms with Crippen LogP contribution in [0.25, 0.3) is 0 Å². The lowest BCUT2D eigenvalue weighted by atomic mass is 10.1. The molecule has 0 bridgehead atoms. The van der Waals surface area contributed by atoms with E-state index >= 15 is 0 Å². The Bertz CT molecular complexity index is 824. The highest BCUT2D eigenvalue weighted by molar-refractivity contribution is 7.89. The molecule has 0 spiro atoms. The molecule has 1 heterocycles. The van der Waals surface area contributed by atoms with Gasteiger partial charge in [0, 0.05) is 13.1 Å². The van der Waals surface area contributed by atoms with Crippen molar-refractivity contribution in [1.29, 1.82) is 0 Å². The van der Waals surface area contributed by atoms with Gasteiger partial charge in [-0.1, -0.05) is 36.4 Å². The second kappa shape index (κ2) is 6.10. The summed E-state index contributed by atoms with van der Waals surface area (Å²) >= 11 is 0. The van der Waals surface area contributed by atoms with Crippen molar-refractivity contribution in [3.63, 3.8) is 0 Å². The first kappa shape index (κ1) is 15.6. The van der Waals surface area contributed by atoms with Crippen LogP contribution in [-0.2, 0) is 14.8 Å². The van der Waals surface area contributed by atoms with Crippen molar-refractivity contribution >= 4 is 15.9 Å². The van der Waals surface area contributed by atoms with Crippen LogP contribution in [0.5, 0.6) is 0 Å². The van der Waals surface area contributed by atoms with E-state index in [1.54, 1.807) is 30.3 Å². The summed E-state index contributed by atoms with van der Waals surface area (Å²) in [6.07, 6.45) is 0. The molecular weight excluding hydrogens is 319 g/mol. The molecule has 120 valence electrons. The summed E-state index contributed by atoms with van der Waals surface area (Å²) in [7, 11) is -3.98. The van der Waals surface area contributed by atoms with Crippen LogP contribution < -0.4 is 5.32 Å². The quantitative estimate of drug-likeness (QED) is 0.929. The average Bonchev–Trinajstić information content (AvgIpc) is 2.55. The number of carbonyl (C=O) groups is 1. The molecule has 5 nitrogen and oxygen atoms in total. The number of halogens is 1. The topological polar surface area (TPSA) is 66.5 Å². The fourth-order valence-electron chi connectivity index (χ4n) is 2.62. The summed E-state index contributed by atoms with van der Waals surface area (Å²) in [5.41, 5.74) is 0.574. The zero-order chi connectivity index (χ0) is 16.4. The zero-order valence-corrected chi connectivity index (χ0v) is 13.0. The van der Waals surface area contributed by atoms with Crippen LogP contribution in [0, 0.1) is 5.82 Å². The van der Waals surface area contributed by atoms with Crippen LogP contribution in [0.2, 0.25) is 0 Å². The fourth-order valence-corrected chi connectivity index (χ4v) is 4.23. The molecule has 1 atom stereocenters. The molecule has 1 amide bonds. The highest BCUT2D eigenvalue weighted by Gasteiger charge is 2.39. The van der Waals surface area contributed by atoms with Gasteiger partial charge in [-0.15, -0.1) is 0 Å². The van der Waals surface area contributed by atoms with E-state index in [-0.39, 0.29) is 23.9 Å². The van der Waals surface area contributed by atoms with Crippen molar-refractivity contribution in [2.45, 2.75) is 10.9 Å². The van der Waals surface area contributed by atoms with Gasteiger partial charge >= 0.3 is 0 Å². The number of piperazine rings is 1. The minimum atomic E-state index is -3.98. The molecule has 0 aliphatic carbocycles. The zero-order valence-electron chi connectivity index (χ0n) is 12.1. The lowest BCUT2D eigenvalue weighted by Gasteiger charge is -2.34. The summed E-state index contributed by atoms with van der Waals surface area (Å²) in [5, 5.41) is 2.68. The third-order valence-corrected chi connectivity index (χ3v) is 5.55. The van der Waals surface area contributed by atoms with E-state index in [1.165, 1.54) is 18.2 Å². The molecule has 0 saturated carbocycles. The largest absolute Gasteiger partial charge is 0.353 e. The number of amides is 1. The Hall–Kier alpha value is -2.25. The van der Waals surface area contributed by atoms with Gasteiger partial charge in [-0.2, -0.15) is 4.31 Å². The average molecular weight is 334 g/mol. The van der Waals surface area contributed by atoms with Crippen molar-refractivity contribution in [3.8, 4) is 0 Å². The van der Waals surface area contributed by atoms with Gasteiger partial charge in [0.1, 0.15) is 11.9 Å². The number of rotatable bonds is 3. The van der Waals surface area contributed by atoms with E-state index in [4.69, 9.17) is 0 Å². The predicted molar refractivity (Wildman–Crippen MR) is 82.5 cm³/mol.